The molecule has 0 aromatic heterocycles. The minimum Gasteiger partial charge on any atom is -0.327 e. The number of carbonyl (C=O) groups excluding carboxylic acids is 1. The van der Waals surface area contributed by atoms with Gasteiger partial charge in [0.1, 0.15) is 5.82 Å². The van der Waals surface area contributed by atoms with Crippen LogP contribution in [0.1, 0.15) is 19.3 Å². The monoisotopic (exact) mass is 258 g/mol. The SMILES string of the molecule is NC1CCCC1C(=O)Nc1cc(F)c(F)cc1F. The van der Waals surface area contributed by atoms with E-state index in [-0.39, 0.29) is 11.7 Å². The van der Waals surface area contributed by atoms with E-state index in [1.807, 2.05) is 0 Å². The van der Waals surface area contributed by atoms with Crippen LogP contribution in [-0.2, 0) is 4.79 Å². The molecule has 3 nitrogen and oxygen atoms in total. The molecule has 98 valence electrons. The van der Waals surface area contributed by atoms with Crippen LogP contribution in [0.5, 0.6) is 0 Å². The fourth-order valence-electron chi connectivity index (χ4n) is 2.16. The van der Waals surface area contributed by atoms with Crippen molar-refractivity contribution in [1.29, 1.82) is 0 Å². The fraction of sp³-hybridized carbons (Fsp3) is 0.417. The summed E-state index contributed by atoms with van der Waals surface area (Å²) in [5.41, 5.74) is 5.37. The van der Waals surface area contributed by atoms with Crippen molar-refractivity contribution < 1.29 is 18.0 Å². The van der Waals surface area contributed by atoms with Crippen molar-refractivity contribution in [2.24, 2.45) is 11.7 Å². The van der Waals surface area contributed by atoms with Crippen LogP contribution < -0.4 is 11.1 Å². The maximum Gasteiger partial charge on any atom is 0.229 e. The number of halogens is 3. The van der Waals surface area contributed by atoms with E-state index in [0.29, 0.717) is 18.6 Å². The lowest BCUT2D eigenvalue weighted by molar-refractivity contribution is -0.120. The van der Waals surface area contributed by atoms with Gasteiger partial charge < -0.3 is 11.1 Å². The molecular formula is C12H13F3N2O. The Kier molecular flexibility index (Phi) is 3.56. The van der Waals surface area contributed by atoms with Gasteiger partial charge in [-0.25, -0.2) is 13.2 Å². The van der Waals surface area contributed by atoms with Gasteiger partial charge in [0.05, 0.1) is 11.6 Å². The molecule has 6 heteroatoms. The summed E-state index contributed by atoms with van der Waals surface area (Å²) >= 11 is 0. The number of amides is 1. The van der Waals surface area contributed by atoms with Gasteiger partial charge in [-0.2, -0.15) is 0 Å². The molecule has 2 atom stereocenters. The van der Waals surface area contributed by atoms with Gasteiger partial charge in [-0.15, -0.1) is 0 Å². The molecule has 18 heavy (non-hydrogen) atoms. The zero-order valence-electron chi connectivity index (χ0n) is 9.55. The topological polar surface area (TPSA) is 55.1 Å². The van der Waals surface area contributed by atoms with E-state index >= 15 is 0 Å². The summed E-state index contributed by atoms with van der Waals surface area (Å²) in [6, 6.07) is 0.765. The van der Waals surface area contributed by atoms with Crippen LogP contribution in [0.2, 0.25) is 0 Å². The highest BCUT2D eigenvalue weighted by molar-refractivity contribution is 5.93. The number of carbonyl (C=O) groups is 1. The molecule has 1 aliphatic rings. The summed E-state index contributed by atoms with van der Waals surface area (Å²) in [6.07, 6.45) is 2.19. The third-order valence-electron chi connectivity index (χ3n) is 3.17. The minimum absolute atomic E-state index is 0.265. The predicted molar refractivity (Wildman–Crippen MR) is 60.3 cm³/mol. The normalized spacial score (nSPS) is 23.1. The summed E-state index contributed by atoms with van der Waals surface area (Å²) in [4.78, 5) is 11.8. The maximum absolute atomic E-state index is 13.3. The summed E-state index contributed by atoms with van der Waals surface area (Å²) < 4.78 is 39.0. The Balaban J connectivity index is 2.14. The second kappa shape index (κ2) is 4.97. The molecule has 1 aromatic rings. The van der Waals surface area contributed by atoms with Crippen LogP contribution in [0.3, 0.4) is 0 Å². The van der Waals surface area contributed by atoms with Gasteiger partial charge in [0.15, 0.2) is 11.6 Å². The van der Waals surface area contributed by atoms with E-state index < -0.39 is 29.3 Å². The minimum atomic E-state index is -1.29. The fourth-order valence-corrected chi connectivity index (χ4v) is 2.16. The first-order chi connectivity index (χ1) is 8.49. The van der Waals surface area contributed by atoms with E-state index in [0.717, 1.165) is 12.8 Å². The van der Waals surface area contributed by atoms with Gasteiger partial charge in [0.2, 0.25) is 5.91 Å². The van der Waals surface area contributed by atoms with Gasteiger partial charge in [-0.1, -0.05) is 6.42 Å². The molecule has 0 aliphatic heterocycles. The van der Waals surface area contributed by atoms with Gasteiger partial charge in [0, 0.05) is 18.2 Å². The van der Waals surface area contributed by atoms with E-state index in [1.54, 1.807) is 0 Å². The van der Waals surface area contributed by atoms with Crippen LogP contribution >= 0.6 is 0 Å². The molecule has 0 saturated heterocycles. The molecule has 1 aromatic carbocycles. The number of benzene rings is 1. The molecule has 2 unspecified atom stereocenters. The number of rotatable bonds is 2. The highest BCUT2D eigenvalue weighted by Crippen LogP contribution is 2.26. The number of hydrogen-bond donors (Lipinski definition) is 2. The molecule has 0 bridgehead atoms. The second-order valence-corrected chi connectivity index (χ2v) is 4.44. The Bertz CT molecular complexity index is 479. The quantitative estimate of drug-likeness (QED) is 0.799. The molecular weight excluding hydrogens is 245 g/mol. The van der Waals surface area contributed by atoms with Crippen LogP contribution in [0.25, 0.3) is 0 Å². The van der Waals surface area contributed by atoms with E-state index in [4.69, 9.17) is 5.73 Å². The molecule has 3 N–H and O–H groups in total. The summed E-state index contributed by atoms with van der Waals surface area (Å²) in [5.74, 6) is -4.36. The number of hydrogen-bond acceptors (Lipinski definition) is 2. The smallest absolute Gasteiger partial charge is 0.229 e. The molecule has 0 spiro atoms. The van der Waals surface area contributed by atoms with Crippen molar-refractivity contribution in [3.05, 3.63) is 29.6 Å². The van der Waals surface area contributed by atoms with Gasteiger partial charge in [-0.3, -0.25) is 4.79 Å². The van der Waals surface area contributed by atoms with Gasteiger partial charge >= 0.3 is 0 Å². The standard InChI is InChI=1S/C12H13F3N2O/c13-7-4-9(15)11(5-8(7)14)17-12(18)6-2-1-3-10(6)16/h4-6,10H,1-3,16H2,(H,17,18). The lowest BCUT2D eigenvalue weighted by Crippen LogP contribution is -2.34. The predicted octanol–water partition coefficient (Wildman–Crippen LogP) is 2.17. The Morgan fingerprint density at radius 1 is 1.17 bits per heavy atom. The van der Waals surface area contributed by atoms with Crippen molar-refractivity contribution in [1.82, 2.24) is 0 Å². The highest BCUT2D eigenvalue weighted by atomic mass is 19.2. The average molecular weight is 258 g/mol. The first-order valence-electron chi connectivity index (χ1n) is 5.70. The number of anilines is 1. The molecule has 1 saturated carbocycles. The van der Waals surface area contributed by atoms with Gasteiger partial charge in [-0.05, 0) is 12.8 Å². The van der Waals surface area contributed by atoms with Gasteiger partial charge in [0.25, 0.3) is 0 Å². The lowest BCUT2D eigenvalue weighted by atomic mass is 10.0. The zero-order valence-corrected chi connectivity index (χ0v) is 9.55. The van der Waals surface area contributed by atoms with Crippen molar-refractivity contribution in [3.8, 4) is 0 Å². The molecule has 0 heterocycles. The maximum atomic E-state index is 13.3. The molecule has 1 amide bonds. The Morgan fingerprint density at radius 3 is 2.44 bits per heavy atom. The third-order valence-corrected chi connectivity index (χ3v) is 3.17. The summed E-state index contributed by atoms with van der Waals surface area (Å²) in [5, 5.41) is 2.25. The van der Waals surface area contributed by atoms with Crippen molar-refractivity contribution in [2.75, 3.05) is 5.32 Å². The molecule has 1 aliphatic carbocycles. The van der Waals surface area contributed by atoms with Crippen LogP contribution in [0, 0.1) is 23.4 Å². The Hall–Kier alpha value is -1.56. The van der Waals surface area contributed by atoms with Crippen molar-refractivity contribution >= 4 is 11.6 Å². The van der Waals surface area contributed by atoms with Crippen LogP contribution in [-0.4, -0.2) is 11.9 Å². The largest absolute Gasteiger partial charge is 0.327 e. The highest BCUT2D eigenvalue weighted by Gasteiger charge is 2.30. The van der Waals surface area contributed by atoms with E-state index in [9.17, 15) is 18.0 Å². The number of nitrogens with one attached hydrogen (secondary N) is 1. The zero-order chi connectivity index (χ0) is 13.3. The molecule has 1 fully saturated rings. The number of nitrogens with two attached hydrogens (primary N) is 1. The van der Waals surface area contributed by atoms with Crippen molar-refractivity contribution in [3.63, 3.8) is 0 Å². The third kappa shape index (κ3) is 2.48. The van der Waals surface area contributed by atoms with E-state index in [2.05, 4.69) is 5.32 Å². The first-order valence-corrected chi connectivity index (χ1v) is 5.70. The van der Waals surface area contributed by atoms with E-state index in [1.165, 1.54) is 0 Å². The Morgan fingerprint density at radius 2 is 1.83 bits per heavy atom. The Labute approximate surface area is 102 Å². The van der Waals surface area contributed by atoms with Crippen LogP contribution in [0.4, 0.5) is 18.9 Å². The lowest BCUT2D eigenvalue weighted by Gasteiger charge is -2.15. The second-order valence-electron chi connectivity index (χ2n) is 4.44. The van der Waals surface area contributed by atoms with Crippen molar-refractivity contribution in [2.45, 2.75) is 25.3 Å². The first kappa shape index (κ1) is 12.9. The average Bonchev–Trinajstić information content (AvgIpc) is 2.72. The summed E-state index contributed by atoms with van der Waals surface area (Å²) in [6.45, 7) is 0. The molecule has 0 radical (unpaired) electrons. The van der Waals surface area contributed by atoms with Crippen LogP contribution in [0.15, 0.2) is 12.1 Å². The summed E-state index contributed by atoms with van der Waals surface area (Å²) in [7, 11) is 0. The molecule has 2 rings (SSSR count).